The van der Waals surface area contributed by atoms with Gasteiger partial charge in [0.1, 0.15) is 29.0 Å². The molecule has 1 amide bonds. The molecule has 214 valence electrons. The molecule has 1 saturated carbocycles. The van der Waals surface area contributed by atoms with Crippen LogP contribution in [0.2, 0.25) is 0 Å². The zero-order valence-corrected chi connectivity index (χ0v) is 23.1. The number of piperazine rings is 1. The van der Waals surface area contributed by atoms with E-state index < -0.39 is 11.7 Å². The highest BCUT2D eigenvalue weighted by molar-refractivity contribution is 5.95. The number of H-pyrrole nitrogens is 1. The molecule has 0 radical (unpaired) electrons. The Kier molecular flexibility index (Phi) is 7.44. The number of halogens is 1. The van der Waals surface area contributed by atoms with E-state index in [9.17, 15) is 19.2 Å². The first-order valence-electron chi connectivity index (χ1n) is 13.9. The fourth-order valence-electron chi connectivity index (χ4n) is 5.28. The molecule has 1 aliphatic carbocycles. The summed E-state index contributed by atoms with van der Waals surface area (Å²) in [6.07, 6.45) is 3.66. The third-order valence-electron chi connectivity index (χ3n) is 7.88. The quantitative estimate of drug-likeness (QED) is 0.357. The van der Waals surface area contributed by atoms with Gasteiger partial charge in [-0.15, -0.1) is 0 Å². The fourth-order valence-corrected chi connectivity index (χ4v) is 5.28. The van der Waals surface area contributed by atoms with Gasteiger partial charge in [0.2, 0.25) is 5.88 Å². The molecule has 1 N–H and O–H groups in total. The van der Waals surface area contributed by atoms with Crippen molar-refractivity contribution in [1.29, 1.82) is 5.26 Å². The lowest BCUT2D eigenvalue weighted by atomic mass is 9.96. The number of hydrogen-bond acceptors (Lipinski definition) is 8. The molecule has 2 aliphatic rings. The van der Waals surface area contributed by atoms with Crippen LogP contribution < -0.4 is 19.9 Å². The van der Waals surface area contributed by atoms with E-state index in [1.54, 1.807) is 41.3 Å². The summed E-state index contributed by atoms with van der Waals surface area (Å²) < 4.78 is 26.2. The molecule has 0 atom stereocenters. The lowest BCUT2D eigenvalue weighted by Gasteiger charge is -2.35. The summed E-state index contributed by atoms with van der Waals surface area (Å²) in [5, 5.41) is 17.2. The number of amides is 1. The monoisotopic (exact) mass is 568 g/mol. The van der Waals surface area contributed by atoms with Gasteiger partial charge in [0.15, 0.2) is 0 Å². The van der Waals surface area contributed by atoms with Crippen LogP contribution in [-0.4, -0.2) is 65.4 Å². The molecule has 1 aliphatic heterocycles. The number of nitrogens with zero attached hydrogens (tertiary/aromatic N) is 5. The topological polar surface area (TPSA) is 124 Å². The van der Waals surface area contributed by atoms with Crippen molar-refractivity contribution in [2.75, 3.05) is 38.2 Å². The van der Waals surface area contributed by atoms with Crippen LogP contribution in [0.1, 0.15) is 46.4 Å². The molecule has 10 nitrogen and oxygen atoms in total. The van der Waals surface area contributed by atoms with E-state index in [-0.39, 0.29) is 23.1 Å². The number of pyridine rings is 1. The summed E-state index contributed by atoms with van der Waals surface area (Å²) >= 11 is 0. The zero-order chi connectivity index (χ0) is 29.2. The molecular formula is C31H29FN6O4. The third kappa shape index (κ3) is 5.35. The van der Waals surface area contributed by atoms with E-state index in [2.05, 4.69) is 15.2 Å². The first-order valence-corrected chi connectivity index (χ1v) is 13.9. The van der Waals surface area contributed by atoms with Crippen LogP contribution in [0.3, 0.4) is 0 Å². The molecule has 4 aromatic rings. The number of nitrogens with one attached hydrogen (secondary N) is 1. The standard InChI is InChI=1S/C31H29FN6O4/c1-41-30-20(18-33)6-10-28(34-30)37-11-13-38(14-12-37)31(40)25-15-19(5-9-26(25)32)16-27-24-17-22(42-21-3-2-4-21)7-8-23(24)29(39)36-35-27/h5-10,15,17,21H,2-4,11-14,16H2,1H3,(H,36,39). The molecule has 2 aromatic heterocycles. The normalized spacial score (nSPS) is 15.3. The van der Waals surface area contributed by atoms with Crippen LogP contribution in [-0.2, 0) is 6.42 Å². The molecule has 0 unspecified atom stereocenters. The van der Waals surface area contributed by atoms with Gasteiger partial charge in [-0.1, -0.05) is 6.07 Å². The predicted molar refractivity (Wildman–Crippen MR) is 153 cm³/mol. The molecular weight excluding hydrogens is 539 g/mol. The molecule has 1 saturated heterocycles. The Labute approximate surface area is 241 Å². The number of methoxy groups -OCH3 is 1. The maximum absolute atomic E-state index is 14.9. The van der Waals surface area contributed by atoms with E-state index in [0.717, 1.165) is 19.3 Å². The Hall–Kier alpha value is -4.98. The molecule has 0 spiro atoms. The number of rotatable bonds is 7. The number of ether oxygens (including phenoxy) is 2. The van der Waals surface area contributed by atoms with E-state index >= 15 is 0 Å². The smallest absolute Gasteiger partial charge is 0.272 e. The van der Waals surface area contributed by atoms with Crippen LogP contribution >= 0.6 is 0 Å². The highest BCUT2D eigenvalue weighted by atomic mass is 19.1. The number of nitriles is 1. The second-order valence-electron chi connectivity index (χ2n) is 10.5. The van der Waals surface area contributed by atoms with Crippen molar-refractivity contribution in [2.24, 2.45) is 0 Å². The largest absolute Gasteiger partial charge is 0.490 e. The van der Waals surface area contributed by atoms with Crippen molar-refractivity contribution >= 4 is 22.5 Å². The predicted octanol–water partition coefficient (Wildman–Crippen LogP) is 3.82. The highest BCUT2D eigenvalue weighted by Gasteiger charge is 2.26. The molecule has 6 rings (SSSR count). The van der Waals surface area contributed by atoms with Crippen molar-refractivity contribution in [3.8, 4) is 17.7 Å². The Balaban J connectivity index is 1.18. The Morgan fingerprint density at radius 1 is 1.10 bits per heavy atom. The third-order valence-corrected chi connectivity index (χ3v) is 7.88. The lowest BCUT2D eigenvalue weighted by molar-refractivity contribution is 0.0741. The molecule has 2 aromatic carbocycles. The van der Waals surface area contributed by atoms with Gasteiger partial charge in [-0.25, -0.2) is 9.49 Å². The minimum Gasteiger partial charge on any atom is -0.490 e. The Morgan fingerprint density at radius 3 is 2.62 bits per heavy atom. The minimum absolute atomic E-state index is 0.0122. The number of benzene rings is 2. The van der Waals surface area contributed by atoms with Crippen molar-refractivity contribution in [2.45, 2.75) is 31.8 Å². The van der Waals surface area contributed by atoms with Crippen molar-refractivity contribution in [1.82, 2.24) is 20.1 Å². The first kappa shape index (κ1) is 27.2. The van der Waals surface area contributed by atoms with Gasteiger partial charge in [0.05, 0.1) is 29.9 Å². The lowest BCUT2D eigenvalue weighted by Crippen LogP contribution is -2.49. The van der Waals surface area contributed by atoms with Gasteiger partial charge < -0.3 is 19.3 Å². The summed E-state index contributed by atoms with van der Waals surface area (Å²) in [7, 11) is 1.46. The molecule has 3 heterocycles. The summed E-state index contributed by atoms with van der Waals surface area (Å²) in [4.78, 5) is 33.9. The minimum atomic E-state index is -0.597. The van der Waals surface area contributed by atoms with Gasteiger partial charge in [-0.3, -0.25) is 9.59 Å². The van der Waals surface area contributed by atoms with Gasteiger partial charge in [-0.05, 0) is 67.3 Å². The van der Waals surface area contributed by atoms with Crippen LogP contribution in [0, 0.1) is 17.1 Å². The van der Waals surface area contributed by atoms with Gasteiger partial charge in [0, 0.05) is 38.0 Å². The second-order valence-corrected chi connectivity index (χ2v) is 10.5. The van der Waals surface area contributed by atoms with Gasteiger partial charge in [0.25, 0.3) is 11.5 Å². The number of aromatic nitrogens is 3. The van der Waals surface area contributed by atoms with Crippen LogP contribution in [0.15, 0.2) is 53.3 Å². The van der Waals surface area contributed by atoms with Gasteiger partial charge in [-0.2, -0.15) is 15.3 Å². The summed E-state index contributed by atoms with van der Waals surface area (Å²) in [6.45, 7) is 1.74. The van der Waals surface area contributed by atoms with Crippen molar-refractivity contribution in [3.05, 3.63) is 87.1 Å². The molecule has 0 bridgehead atoms. The summed E-state index contributed by atoms with van der Waals surface area (Å²) in [5.74, 6) is 0.590. The number of aromatic amines is 1. The van der Waals surface area contributed by atoms with Crippen molar-refractivity contribution < 1.29 is 18.7 Å². The summed E-state index contributed by atoms with van der Waals surface area (Å²) in [5.41, 5.74) is 1.33. The SMILES string of the molecule is COc1nc(N2CCN(C(=O)c3cc(Cc4n[nH]c(=O)c5ccc(OC6CCC6)cc45)ccc3F)CC2)ccc1C#N. The van der Waals surface area contributed by atoms with Crippen LogP contribution in [0.4, 0.5) is 10.2 Å². The number of fused-ring (bicyclic) bond motifs is 1. The first-order chi connectivity index (χ1) is 20.4. The Morgan fingerprint density at radius 2 is 1.90 bits per heavy atom. The van der Waals surface area contributed by atoms with Crippen LogP contribution in [0.5, 0.6) is 11.6 Å². The number of anilines is 1. The highest BCUT2D eigenvalue weighted by Crippen LogP contribution is 2.29. The Bertz CT molecular complexity index is 1760. The molecule has 2 fully saturated rings. The average Bonchev–Trinajstić information content (AvgIpc) is 3.00. The molecule has 11 heteroatoms. The fraction of sp³-hybridized carbons (Fsp3) is 0.323. The number of carbonyl (C=O) groups is 1. The van der Waals surface area contributed by atoms with Crippen molar-refractivity contribution in [3.63, 3.8) is 0 Å². The van der Waals surface area contributed by atoms with Gasteiger partial charge >= 0.3 is 0 Å². The molecule has 42 heavy (non-hydrogen) atoms. The number of carbonyl (C=O) groups excluding carboxylic acids is 1. The maximum atomic E-state index is 14.9. The average molecular weight is 569 g/mol. The maximum Gasteiger partial charge on any atom is 0.272 e. The van der Waals surface area contributed by atoms with E-state index in [1.165, 1.54) is 13.2 Å². The van der Waals surface area contributed by atoms with E-state index in [4.69, 9.17) is 9.47 Å². The van der Waals surface area contributed by atoms with Crippen LogP contribution in [0.25, 0.3) is 10.8 Å². The summed E-state index contributed by atoms with van der Waals surface area (Å²) in [6, 6.07) is 15.3. The zero-order valence-electron chi connectivity index (χ0n) is 23.1. The number of hydrogen-bond donors (Lipinski definition) is 1. The van der Waals surface area contributed by atoms with E-state index in [1.807, 2.05) is 17.0 Å². The second kappa shape index (κ2) is 11.5. The van der Waals surface area contributed by atoms with E-state index in [0.29, 0.717) is 71.8 Å².